The Morgan fingerprint density at radius 2 is 2.06 bits per heavy atom. The molecule has 0 radical (unpaired) electrons. The molecular weight excluding hydrogens is 222 g/mol. The van der Waals surface area contributed by atoms with Crippen LogP contribution in [-0.4, -0.2) is 46.7 Å². The van der Waals surface area contributed by atoms with Gasteiger partial charge in [-0.1, -0.05) is 0 Å². The number of carbonyl (C=O) groups excluding carboxylic acids is 1. The molecule has 1 rings (SSSR count). The maximum atomic E-state index is 12.1. The Balaban J connectivity index is 2.66. The van der Waals surface area contributed by atoms with Crippen LogP contribution in [0.1, 0.15) is 33.1 Å². The van der Waals surface area contributed by atoms with E-state index in [1.54, 1.807) is 4.90 Å². The molecule has 1 heterocycles. The van der Waals surface area contributed by atoms with Gasteiger partial charge in [0.15, 0.2) is 0 Å². The van der Waals surface area contributed by atoms with Crippen LogP contribution in [0.25, 0.3) is 0 Å². The second-order valence-electron chi connectivity index (χ2n) is 5.20. The number of carbonyl (C=O) groups is 2. The van der Waals surface area contributed by atoms with Crippen molar-refractivity contribution in [2.45, 2.75) is 33.1 Å². The molecule has 1 aliphatic rings. The number of aliphatic hydroxyl groups excluding tert-OH is 1. The fourth-order valence-electron chi connectivity index (χ4n) is 2.15. The fourth-order valence-corrected chi connectivity index (χ4v) is 2.15. The number of carboxylic acids is 1. The first-order valence-corrected chi connectivity index (χ1v) is 6.03. The molecule has 0 aromatic carbocycles. The van der Waals surface area contributed by atoms with Crippen LogP contribution in [0, 0.1) is 11.3 Å². The molecule has 0 aliphatic carbocycles. The van der Waals surface area contributed by atoms with E-state index in [1.165, 1.54) is 13.8 Å². The molecule has 1 aliphatic heterocycles. The first-order valence-electron chi connectivity index (χ1n) is 6.03. The van der Waals surface area contributed by atoms with Gasteiger partial charge in [0.1, 0.15) is 5.41 Å². The van der Waals surface area contributed by atoms with E-state index in [9.17, 15) is 9.59 Å². The van der Waals surface area contributed by atoms with Crippen LogP contribution in [0.15, 0.2) is 0 Å². The lowest BCUT2D eigenvalue weighted by Gasteiger charge is -2.36. The first-order chi connectivity index (χ1) is 7.89. The van der Waals surface area contributed by atoms with Gasteiger partial charge in [0.2, 0.25) is 5.91 Å². The molecule has 2 N–H and O–H groups in total. The number of hydrogen-bond donors (Lipinski definition) is 2. The minimum Gasteiger partial charge on any atom is -0.480 e. The van der Waals surface area contributed by atoms with E-state index in [2.05, 4.69) is 0 Å². The molecule has 0 aromatic rings. The summed E-state index contributed by atoms with van der Waals surface area (Å²) in [5.41, 5.74) is -1.36. The average Bonchev–Trinajstić information content (AvgIpc) is 2.28. The molecular formula is C12H21NO4. The van der Waals surface area contributed by atoms with Gasteiger partial charge in [-0.3, -0.25) is 9.59 Å². The van der Waals surface area contributed by atoms with Gasteiger partial charge in [-0.05, 0) is 39.0 Å². The number of aliphatic carboxylic acids is 1. The number of aliphatic hydroxyl groups is 1. The lowest BCUT2D eigenvalue weighted by atomic mass is 9.88. The Morgan fingerprint density at radius 1 is 1.41 bits per heavy atom. The van der Waals surface area contributed by atoms with Gasteiger partial charge in [0, 0.05) is 19.7 Å². The number of carboxylic acid groups (broad SMARTS) is 1. The standard InChI is InChI=1S/C12H21NO4/c1-12(2,11(16)17)10(15)13-6-3-4-9(8-13)5-7-14/h9,14H,3-8H2,1-2H3,(H,16,17). The van der Waals surface area contributed by atoms with Gasteiger partial charge < -0.3 is 15.1 Å². The Labute approximate surface area is 101 Å². The third-order valence-electron chi connectivity index (χ3n) is 3.41. The molecule has 1 saturated heterocycles. The second-order valence-corrected chi connectivity index (χ2v) is 5.20. The van der Waals surface area contributed by atoms with Crippen LogP contribution in [0.4, 0.5) is 0 Å². The highest BCUT2D eigenvalue weighted by Gasteiger charge is 2.40. The van der Waals surface area contributed by atoms with Gasteiger partial charge in [0.25, 0.3) is 0 Å². The summed E-state index contributed by atoms with van der Waals surface area (Å²) < 4.78 is 0. The summed E-state index contributed by atoms with van der Waals surface area (Å²) in [4.78, 5) is 24.7. The summed E-state index contributed by atoms with van der Waals surface area (Å²) in [5, 5.41) is 17.9. The minimum absolute atomic E-state index is 0.120. The lowest BCUT2D eigenvalue weighted by molar-refractivity contribution is -0.159. The van der Waals surface area contributed by atoms with Crippen LogP contribution in [0.3, 0.4) is 0 Å². The monoisotopic (exact) mass is 243 g/mol. The molecule has 17 heavy (non-hydrogen) atoms. The maximum Gasteiger partial charge on any atom is 0.318 e. The van der Waals surface area contributed by atoms with Crippen LogP contribution in [-0.2, 0) is 9.59 Å². The van der Waals surface area contributed by atoms with E-state index < -0.39 is 11.4 Å². The van der Waals surface area contributed by atoms with Crippen molar-refractivity contribution in [2.75, 3.05) is 19.7 Å². The molecule has 0 aromatic heterocycles. The highest BCUT2D eigenvalue weighted by Crippen LogP contribution is 2.25. The molecule has 5 nitrogen and oxygen atoms in total. The van der Waals surface area contributed by atoms with Gasteiger partial charge in [0.05, 0.1) is 0 Å². The number of nitrogens with zero attached hydrogens (tertiary/aromatic N) is 1. The minimum atomic E-state index is -1.36. The maximum absolute atomic E-state index is 12.1. The highest BCUT2D eigenvalue weighted by molar-refractivity contribution is 6.01. The highest BCUT2D eigenvalue weighted by atomic mass is 16.4. The quantitative estimate of drug-likeness (QED) is 0.713. The van der Waals surface area contributed by atoms with Crippen molar-refractivity contribution in [2.24, 2.45) is 11.3 Å². The second kappa shape index (κ2) is 5.49. The summed E-state index contributed by atoms with van der Waals surface area (Å²) in [5.74, 6) is -1.12. The van der Waals surface area contributed by atoms with E-state index in [0.717, 1.165) is 12.8 Å². The van der Waals surface area contributed by atoms with E-state index >= 15 is 0 Å². The van der Waals surface area contributed by atoms with Crippen molar-refractivity contribution < 1.29 is 19.8 Å². The van der Waals surface area contributed by atoms with E-state index in [-0.39, 0.29) is 12.5 Å². The van der Waals surface area contributed by atoms with Crippen molar-refractivity contribution in [3.05, 3.63) is 0 Å². The van der Waals surface area contributed by atoms with Gasteiger partial charge >= 0.3 is 5.97 Å². The van der Waals surface area contributed by atoms with E-state index in [1.807, 2.05) is 0 Å². The predicted molar refractivity (Wildman–Crippen MR) is 62.4 cm³/mol. The summed E-state index contributed by atoms with van der Waals surface area (Å²) in [6.45, 7) is 4.18. The molecule has 0 spiro atoms. The normalized spacial score (nSPS) is 21.4. The van der Waals surface area contributed by atoms with Crippen LogP contribution >= 0.6 is 0 Å². The summed E-state index contributed by atoms with van der Waals surface area (Å²) in [6, 6.07) is 0. The molecule has 1 amide bonds. The summed E-state index contributed by atoms with van der Waals surface area (Å²) >= 11 is 0. The van der Waals surface area contributed by atoms with Crippen LogP contribution in [0.5, 0.6) is 0 Å². The largest absolute Gasteiger partial charge is 0.480 e. The zero-order chi connectivity index (χ0) is 13.1. The van der Waals surface area contributed by atoms with E-state index in [0.29, 0.717) is 25.4 Å². The third-order valence-corrected chi connectivity index (χ3v) is 3.41. The number of likely N-dealkylation sites (tertiary alicyclic amines) is 1. The molecule has 1 unspecified atom stereocenters. The van der Waals surface area contributed by atoms with Gasteiger partial charge in [-0.15, -0.1) is 0 Å². The van der Waals surface area contributed by atoms with Gasteiger partial charge in [-0.2, -0.15) is 0 Å². The van der Waals surface area contributed by atoms with E-state index in [4.69, 9.17) is 10.2 Å². The SMILES string of the molecule is CC(C)(C(=O)O)C(=O)N1CCCC(CCO)C1. The van der Waals surface area contributed by atoms with Crippen molar-refractivity contribution in [1.29, 1.82) is 0 Å². The number of piperidine rings is 1. The Hall–Kier alpha value is -1.10. The summed E-state index contributed by atoms with van der Waals surface area (Å²) in [6.07, 6.45) is 2.56. The van der Waals surface area contributed by atoms with Gasteiger partial charge in [-0.25, -0.2) is 0 Å². The lowest BCUT2D eigenvalue weighted by Crippen LogP contribution is -2.49. The summed E-state index contributed by atoms with van der Waals surface area (Å²) in [7, 11) is 0. The molecule has 0 bridgehead atoms. The van der Waals surface area contributed by atoms with Crippen molar-refractivity contribution >= 4 is 11.9 Å². The smallest absolute Gasteiger partial charge is 0.318 e. The van der Waals surface area contributed by atoms with Crippen LogP contribution in [0.2, 0.25) is 0 Å². The number of amides is 1. The molecule has 1 fully saturated rings. The first kappa shape index (κ1) is 14.0. The predicted octanol–water partition coefficient (Wildman–Crippen LogP) is 0.718. The van der Waals surface area contributed by atoms with Crippen molar-refractivity contribution in [3.8, 4) is 0 Å². The van der Waals surface area contributed by atoms with Crippen molar-refractivity contribution in [1.82, 2.24) is 4.90 Å². The average molecular weight is 243 g/mol. The zero-order valence-electron chi connectivity index (χ0n) is 10.5. The molecule has 5 heteroatoms. The molecule has 1 atom stereocenters. The topological polar surface area (TPSA) is 77.8 Å². The Morgan fingerprint density at radius 3 is 2.59 bits per heavy atom. The third kappa shape index (κ3) is 3.19. The van der Waals surface area contributed by atoms with Crippen LogP contribution < -0.4 is 0 Å². The fraction of sp³-hybridized carbons (Fsp3) is 0.833. The zero-order valence-corrected chi connectivity index (χ0v) is 10.5. The number of rotatable bonds is 4. The van der Waals surface area contributed by atoms with Crippen molar-refractivity contribution in [3.63, 3.8) is 0 Å². The molecule has 98 valence electrons. The number of hydrogen-bond acceptors (Lipinski definition) is 3. The molecule has 0 saturated carbocycles. The Kier molecular flexibility index (Phi) is 4.51. The Bertz CT molecular complexity index is 299.